The zero-order valence-electron chi connectivity index (χ0n) is 10.1. The van der Waals surface area contributed by atoms with Crippen LogP contribution in [0.15, 0.2) is 54.6 Å². The van der Waals surface area contributed by atoms with Crippen LogP contribution in [-0.2, 0) is 6.42 Å². The smallest absolute Gasteiger partial charge is 0.123 e. The van der Waals surface area contributed by atoms with Gasteiger partial charge in [0.15, 0.2) is 0 Å². The van der Waals surface area contributed by atoms with E-state index >= 15 is 0 Å². The van der Waals surface area contributed by atoms with E-state index in [2.05, 4.69) is 17.4 Å². The van der Waals surface area contributed by atoms with E-state index in [1.807, 2.05) is 18.2 Å². The Kier molecular flexibility index (Phi) is 4.31. The molecular formula is C15H17FN2. The first-order chi connectivity index (χ1) is 8.78. The first-order valence-corrected chi connectivity index (χ1v) is 6.04. The molecule has 0 amide bonds. The van der Waals surface area contributed by atoms with Crippen LogP contribution in [0.1, 0.15) is 5.56 Å². The summed E-state index contributed by atoms with van der Waals surface area (Å²) in [5.41, 5.74) is 7.89. The lowest BCUT2D eigenvalue weighted by atomic mass is 10.1. The van der Waals surface area contributed by atoms with E-state index in [1.165, 1.54) is 17.7 Å². The number of hydrogen-bond donors (Lipinski definition) is 2. The molecule has 0 aromatic heterocycles. The fourth-order valence-corrected chi connectivity index (χ4v) is 1.87. The van der Waals surface area contributed by atoms with E-state index in [0.29, 0.717) is 6.54 Å². The summed E-state index contributed by atoms with van der Waals surface area (Å²) in [4.78, 5) is 0. The van der Waals surface area contributed by atoms with Gasteiger partial charge in [0.25, 0.3) is 0 Å². The molecule has 3 N–H and O–H groups in total. The Hall–Kier alpha value is -1.87. The first-order valence-electron chi connectivity index (χ1n) is 6.04. The molecule has 0 radical (unpaired) electrons. The van der Waals surface area contributed by atoms with Crippen LogP contribution < -0.4 is 11.1 Å². The molecule has 0 aliphatic carbocycles. The molecule has 0 saturated carbocycles. The second-order valence-electron chi connectivity index (χ2n) is 4.27. The van der Waals surface area contributed by atoms with Gasteiger partial charge in [-0.2, -0.15) is 0 Å². The second kappa shape index (κ2) is 6.17. The summed E-state index contributed by atoms with van der Waals surface area (Å²) < 4.78 is 12.8. The van der Waals surface area contributed by atoms with Crippen molar-refractivity contribution in [3.05, 3.63) is 66.0 Å². The molecule has 0 spiro atoms. The van der Waals surface area contributed by atoms with Crippen molar-refractivity contribution >= 4 is 5.69 Å². The number of anilines is 1. The maximum Gasteiger partial charge on any atom is 0.123 e. The highest BCUT2D eigenvalue weighted by molar-refractivity contribution is 5.44. The molecule has 0 bridgehead atoms. The lowest BCUT2D eigenvalue weighted by Gasteiger charge is -2.18. The highest BCUT2D eigenvalue weighted by atomic mass is 19.1. The molecule has 2 aromatic carbocycles. The Balaban J connectivity index is 1.99. The van der Waals surface area contributed by atoms with E-state index in [1.54, 1.807) is 12.1 Å². The van der Waals surface area contributed by atoms with Crippen LogP contribution in [-0.4, -0.2) is 12.6 Å². The average molecular weight is 244 g/mol. The van der Waals surface area contributed by atoms with Crippen LogP contribution in [0.25, 0.3) is 0 Å². The molecule has 0 aliphatic rings. The van der Waals surface area contributed by atoms with Gasteiger partial charge in [-0.05, 0) is 36.2 Å². The lowest BCUT2D eigenvalue weighted by Crippen LogP contribution is -2.30. The summed E-state index contributed by atoms with van der Waals surface area (Å²) in [6.45, 7) is 0.534. The van der Waals surface area contributed by atoms with Gasteiger partial charge in [0.05, 0.1) is 0 Å². The summed E-state index contributed by atoms with van der Waals surface area (Å²) in [7, 11) is 0. The third-order valence-electron chi connectivity index (χ3n) is 2.82. The van der Waals surface area contributed by atoms with Gasteiger partial charge in [0.2, 0.25) is 0 Å². The standard InChI is InChI=1S/C15H17FN2/c16-13-6-8-14(9-7-13)18-15(11-17)10-12-4-2-1-3-5-12/h1-9,15,18H,10-11,17H2. The largest absolute Gasteiger partial charge is 0.381 e. The summed E-state index contributed by atoms with van der Waals surface area (Å²) >= 11 is 0. The maximum atomic E-state index is 12.8. The molecule has 94 valence electrons. The Morgan fingerprint density at radius 1 is 1.00 bits per heavy atom. The fourth-order valence-electron chi connectivity index (χ4n) is 1.87. The minimum absolute atomic E-state index is 0.151. The molecule has 2 rings (SSSR count). The molecule has 2 aromatic rings. The van der Waals surface area contributed by atoms with Crippen molar-refractivity contribution in [3.63, 3.8) is 0 Å². The van der Waals surface area contributed by atoms with Crippen LogP contribution in [0.4, 0.5) is 10.1 Å². The summed E-state index contributed by atoms with van der Waals surface area (Å²) in [6, 6.07) is 16.7. The molecule has 0 aliphatic heterocycles. The van der Waals surface area contributed by atoms with E-state index in [9.17, 15) is 4.39 Å². The Bertz CT molecular complexity index is 468. The molecule has 3 heteroatoms. The van der Waals surface area contributed by atoms with Gasteiger partial charge >= 0.3 is 0 Å². The lowest BCUT2D eigenvalue weighted by molar-refractivity contribution is 0.627. The van der Waals surface area contributed by atoms with Crippen molar-refractivity contribution in [1.82, 2.24) is 0 Å². The van der Waals surface area contributed by atoms with Gasteiger partial charge in [-0.15, -0.1) is 0 Å². The highest BCUT2D eigenvalue weighted by Crippen LogP contribution is 2.12. The molecule has 1 atom stereocenters. The summed E-state index contributed by atoms with van der Waals surface area (Å²) in [5, 5.41) is 3.31. The molecule has 0 heterocycles. The molecule has 0 saturated heterocycles. The average Bonchev–Trinajstić information content (AvgIpc) is 2.41. The molecular weight excluding hydrogens is 227 g/mol. The van der Waals surface area contributed by atoms with Gasteiger partial charge in [-0.25, -0.2) is 4.39 Å². The second-order valence-corrected chi connectivity index (χ2v) is 4.27. The fraction of sp³-hybridized carbons (Fsp3) is 0.200. The molecule has 2 nitrogen and oxygen atoms in total. The Morgan fingerprint density at radius 2 is 1.67 bits per heavy atom. The predicted molar refractivity (Wildman–Crippen MR) is 73.0 cm³/mol. The van der Waals surface area contributed by atoms with Crippen molar-refractivity contribution in [2.24, 2.45) is 5.73 Å². The molecule has 0 fully saturated rings. The number of nitrogens with one attached hydrogen (secondary N) is 1. The summed E-state index contributed by atoms with van der Waals surface area (Å²) in [5.74, 6) is -0.229. The zero-order chi connectivity index (χ0) is 12.8. The maximum absolute atomic E-state index is 12.8. The van der Waals surface area contributed by atoms with Crippen molar-refractivity contribution in [3.8, 4) is 0 Å². The van der Waals surface area contributed by atoms with Gasteiger partial charge < -0.3 is 11.1 Å². The number of benzene rings is 2. The van der Waals surface area contributed by atoms with E-state index < -0.39 is 0 Å². The first kappa shape index (κ1) is 12.6. The van der Waals surface area contributed by atoms with Crippen LogP contribution in [0.5, 0.6) is 0 Å². The van der Waals surface area contributed by atoms with Gasteiger partial charge in [0.1, 0.15) is 5.82 Å². The number of nitrogens with two attached hydrogens (primary N) is 1. The molecule has 18 heavy (non-hydrogen) atoms. The third-order valence-corrected chi connectivity index (χ3v) is 2.82. The minimum Gasteiger partial charge on any atom is -0.381 e. The zero-order valence-corrected chi connectivity index (χ0v) is 10.1. The third kappa shape index (κ3) is 3.57. The van der Waals surface area contributed by atoms with Crippen LogP contribution >= 0.6 is 0 Å². The highest BCUT2D eigenvalue weighted by Gasteiger charge is 2.07. The van der Waals surface area contributed by atoms with Gasteiger partial charge in [-0.3, -0.25) is 0 Å². The predicted octanol–water partition coefficient (Wildman–Crippen LogP) is 2.81. The summed E-state index contributed by atoms with van der Waals surface area (Å²) in [6.07, 6.45) is 0.856. The van der Waals surface area contributed by atoms with E-state index in [-0.39, 0.29) is 11.9 Å². The van der Waals surface area contributed by atoms with Gasteiger partial charge in [0, 0.05) is 18.3 Å². The van der Waals surface area contributed by atoms with Crippen LogP contribution in [0, 0.1) is 5.82 Å². The minimum atomic E-state index is -0.229. The van der Waals surface area contributed by atoms with E-state index in [0.717, 1.165) is 12.1 Å². The van der Waals surface area contributed by atoms with Crippen molar-refractivity contribution < 1.29 is 4.39 Å². The monoisotopic (exact) mass is 244 g/mol. The number of halogens is 1. The number of rotatable bonds is 5. The quantitative estimate of drug-likeness (QED) is 0.848. The van der Waals surface area contributed by atoms with Crippen molar-refractivity contribution in [2.45, 2.75) is 12.5 Å². The normalized spacial score (nSPS) is 12.1. The van der Waals surface area contributed by atoms with E-state index in [4.69, 9.17) is 5.73 Å². The van der Waals surface area contributed by atoms with Crippen LogP contribution in [0.3, 0.4) is 0 Å². The Labute approximate surface area is 107 Å². The topological polar surface area (TPSA) is 38.0 Å². The van der Waals surface area contributed by atoms with Gasteiger partial charge in [-0.1, -0.05) is 30.3 Å². The van der Waals surface area contributed by atoms with Crippen LogP contribution in [0.2, 0.25) is 0 Å². The molecule has 1 unspecified atom stereocenters. The Morgan fingerprint density at radius 3 is 2.28 bits per heavy atom. The van der Waals surface area contributed by atoms with Crippen molar-refractivity contribution in [2.75, 3.05) is 11.9 Å². The number of hydrogen-bond acceptors (Lipinski definition) is 2. The van der Waals surface area contributed by atoms with Crippen molar-refractivity contribution in [1.29, 1.82) is 0 Å². The SMILES string of the molecule is NCC(Cc1ccccc1)Nc1ccc(F)cc1.